The van der Waals surface area contributed by atoms with Gasteiger partial charge < -0.3 is 9.88 Å². The summed E-state index contributed by atoms with van der Waals surface area (Å²) in [6, 6.07) is 7.85. The molecule has 1 saturated heterocycles. The zero-order valence-electron chi connectivity index (χ0n) is 13.8. The zero-order chi connectivity index (χ0) is 16.2. The van der Waals surface area contributed by atoms with Crippen LogP contribution in [0.4, 0.5) is 5.82 Å². The number of aromatic nitrogens is 2. The summed E-state index contributed by atoms with van der Waals surface area (Å²) in [7, 11) is 1.78. The van der Waals surface area contributed by atoms with Crippen molar-refractivity contribution in [3.05, 3.63) is 58.1 Å². The minimum atomic E-state index is 0.0606. The van der Waals surface area contributed by atoms with Gasteiger partial charge in [-0.15, -0.1) is 0 Å². The molecule has 0 amide bonds. The van der Waals surface area contributed by atoms with Crippen molar-refractivity contribution < 1.29 is 0 Å². The van der Waals surface area contributed by atoms with Crippen LogP contribution in [0.25, 0.3) is 0 Å². The molecule has 0 saturated carbocycles. The molecule has 5 heteroatoms. The molecule has 1 N–H and O–H groups in total. The van der Waals surface area contributed by atoms with Crippen molar-refractivity contribution in [2.24, 2.45) is 13.0 Å². The third-order valence-corrected chi connectivity index (χ3v) is 4.43. The molecular formula is C18H24N4O. The zero-order valence-corrected chi connectivity index (χ0v) is 13.8. The Morgan fingerprint density at radius 1 is 1.35 bits per heavy atom. The maximum Gasteiger partial charge on any atom is 0.250 e. The second kappa shape index (κ2) is 6.96. The Morgan fingerprint density at radius 2 is 2.22 bits per heavy atom. The standard InChI is InChI=1S/C18H24N4O/c1-14-3-6-19-17(9-14)20-11-16-5-8-22(13-16)12-15-4-7-21(2)18(23)10-15/h3-4,6-7,9-10,16H,5,8,11-13H2,1-2H3,(H,19,20)/t16-/m0/s1. The number of nitrogens with one attached hydrogen (secondary N) is 1. The van der Waals surface area contributed by atoms with Gasteiger partial charge in [0, 0.05) is 45.1 Å². The molecule has 0 radical (unpaired) electrons. The Labute approximate surface area is 137 Å². The molecule has 0 aromatic carbocycles. The minimum absolute atomic E-state index is 0.0606. The number of hydrogen-bond donors (Lipinski definition) is 1. The quantitative estimate of drug-likeness (QED) is 0.918. The van der Waals surface area contributed by atoms with Crippen molar-refractivity contribution in [1.82, 2.24) is 14.5 Å². The smallest absolute Gasteiger partial charge is 0.250 e. The van der Waals surface area contributed by atoms with Crippen LogP contribution in [0, 0.1) is 12.8 Å². The van der Waals surface area contributed by atoms with Crippen molar-refractivity contribution in [3.63, 3.8) is 0 Å². The van der Waals surface area contributed by atoms with Gasteiger partial charge in [-0.3, -0.25) is 9.69 Å². The number of aryl methyl sites for hydroxylation is 2. The summed E-state index contributed by atoms with van der Waals surface area (Å²) in [4.78, 5) is 18.5. The monoisotopic (exact) mass is 312 g/mol. The van der Waals surface area contributed by atoms with E-state index in [9.17, 15) is 4.79 Å². The molecule has 122 valence electrons. The lowest BCUT2D eigenvalue weighted by Gasteiger charge is -2.16. The van der Waals surface area contributed by atoms with E-state index in [0.717, 1.165) is 37.6 Å². The maximum absolute atomic E-state index is 11.7. The van der Waals surface area contributed by atoms with Gasteiger partial charge in [0.25, 0.3) is 5.56 Å². The third-order valence-electron chi connectivity index (χ3n) is 4.43. The molecule has 1 atom stereocenters. The van der Waals surface area contributed by atoms with E-state index in [4.69, 9.17) is 0 Å². The van der Waals surface area contributed by atoms with Crippen molar-refractivity contribution in [2.45, 2.75) is 19.9 Å². The third kappa shape index (κ3) is 4.20. The molecule has 3 rings (SSSR count). The van der Waals surface area contributed by atoms with Crippen LogP contribution in [-0.4, -0.2) is 34.1 Å². The average molecular weight is 312 g/mol. The molecular weight excluding hydrogens is 288 g/mol. The maximum atomic E-state index is 11.7. The minimum Gasteiger partial charge on any atom is -0.370 e. The molecule has 5 nitrogen and oxygen atoms in total. The fourth-order valence-electron chi connectivity index (χ4n) is 3.05. The van der Waals surface area contributed by atoms with E-state index in [-0.39, 0.29) is 5.56 Å². The van der Waals surface area contributed by atoms with Gasteiger partial charge in [0.15, 0.2) is 0 Å². The molecule has 1 aliphatic rings. The summed E-state index contributed by atoms with van der Waals surface area (Å²) < 4.78 is 1.61. The first-order valence-electron chi connectivity index (χ1n) is 8.14. The molecule has 1 fully saturated rings. The molecule has 0 bridgehead atoms. The van der Waals surface area contributed by atoms with Crippen molar-refractivity contribution in [2.75, 3.05) is 25.0 Å². The highest BCUT2D eigenvalue weighted by atomic mass is 16.1. The molecule has 2 aromatic heterocycles. The lowest BCUT2D eigenvalue weighted by atomic mass is 10.1. The summed E-state index contributed by atoms with van der Waals surface area (Å²) >= 11 is 0. The van der Waals surface area contributed by atoms with Crippen LogP contribution in [0.1, 0.15) is 17.5 Å². The fraction of sp³-hybridized carbons (Fsp3) is 0.444. The molecule has 2 aromatic rings. The topological polar surface area (TPSA) is 50.2 Å². The van der Waals surface area contributed by atoms with Crippen molar-refractivity contribution >= 4 is 5.82 Å². The second-order valence-corrected chi connectivity index (χ2v) is 6.47. The number of hydrogen-bond acceptors (Lipinski definition) is 4. The van der Waals surface area contributed by atoms with Gasteiger partial charge in [-0.2, -0.15) is 0 Å². The number of nitrogens with zero attached hydrogens (tertiary/aromatic N) is 3. The normalized spacial score (nSPS) is 18.3. The Kier molecular flexibility index (Phi) is 4.76. The Hall–Kier alpha value is -2.14. The number of pyridine rings is 2. The van der Waals surface area contributed by atoms with E-state index in [1.165, 1.54) is 12.0 Å². The van der Waals surface area contributed by atoms with Crippen LogP contribution in [0.3, 0.4) is 0 Å². The van der Waals surface area contributed by atoms with Crippen LogP contribution in [0.5, 0.6) is 0 Å². The van der Waals surface area contributed by atoms with Gasteiger partial charge in [-0.1, -0.05) is 0 Å². The summed E-state index contributed by atoms with van der Waals surface area (Å²) in [6.07, 6.45) is 4.87. The summed E-state index contributed by atoms with van der Waals surface area (Å²) in [5.74, 6) is 1.58. The molecule has 0 unspecified atom stereocenters. The summed E-state index contributed by atoms with van der Waals surface area (Å²) in [6.45, 7) is 6.03. The van der Waals surface area contributed by atoms with Gasteiger partial charge in [-0.25, -0.2) is 4.98 Å². The van der Waals surface area contributed by atoms with Crippen LogP contribution in [0.2, 0.25) is 0 Å². The number of rotatable bonds is 5. The average Bonchev–Trinajstić information content (AvgIpc) is 2.97. The summed E-state index contributed by atoms with van der Waals surface area (Å²) in [5.41, 5.74) is 2.38. The lowest BCUT2D eigenvalue weighted by molar-refractivity contribution is 0.318. The SMILES string of the molecule is Cc1ccnc(NC[C@@H]2CCN(Cc3ccn(C)c(=O)c3)C2)c1. The molecule has 0 spiro atoms. The highest BCUT2D eigenvalue weighted by Gasteiger charge is 2.22. The van der Waals surface area contributed by atoms with E-state index in [1.807, 2.05) is 24.5 Å². The highest BCUT2D eigenvalue weighted by Crippen LogP contribution is 2.19. The van der Waals surface area contributed by atoms with E-state index >= 15 is 0 Å². The highest BCUT2D eigenvalue weighted by molar-refractivity contribution is 5.36. The first kappa shape index (κ1) is 15.7. The Morgan fingerprint density at radius 3 is 3.00 bits per heavy atom. The predicted molar refractivity (Wildman–Crippen MR) is 92.5 cm³/mol. The van der Waals surface area contributed by atoms with Crippen LogP contribution < -0.4 is 10.9 Å². The van der Waals surface area contributed by atoms with Gasteiger partial charge in [0.2, 0.25) is 0 Å². The number of anilines is 1. The van der Waals surface area contributed by atoms with Gasteiger partial charge in [0.05, 0.1) is 0 Å². The first-order chi connectivity index (χ1) is 11.1. The Bertz CT molecular complexity index is 725. The van der Waals surface area contributed by atoms with Crippen molar-refractivity contribution in [3.8, 4) is 0 Å². The van der Waals surface area contributed by atoms with Crippen LogP contribution >= 0.6 is 0 Å². The van der Waals surface area contributed by atoms with Gasteiger partial charge >= 0.3 is 0 Å². The fourth-order valence-corrected chi connectivity index (χ4v) is 3.05. The summed E-state index contributed by atoms with van der Waals surface area (Å²) in [5, 5.41) is 3.44. The van der Waals surface area contributed by atoms with E-state index in [0.29, 0.717) is 5.92 Å². The number of likely N-dealkylation sites (tertiary alicyclic amines) is 1. The largest absolute Gasteiger partial charge is 0.370 e. The van der Waals surface area contributed by atoms with Gasteiger partial charge in [-0.05, 0) is 55.1 Å². The molecule has 3 heterocycles. The van der Waals surface area contributed by atoms with Crippen LogP contribution in [0.15, 0.2) is 41.5 Å². The van der Waals surface area contributed by atoms with Crippen LogP contribution in [-0.2, 0) is 13.6 Å². The Balaban J connectivity index is 1.50. The predicted octanol–water partition coefficient (Wildman–Crippen LogP) is 2.02. The van der Waals surface area contributed by atoms with Gasteiger partial charge in [0.1, 0.15) is 5.82 Å². The first-order valence-corrected chi connectivity index (χ1v) is 8.14. The molecule has 1 aliphatic heterocycles. The second-order valence-electron chi connectivity index (χ2n) is 6.47. The molecule has 0 aliphatic carbocycles. The van der Waals surface area contributed by atoms with Crippen molar-refractivity contribution in [1.29, 1.82) is 0 Å². The lowest BCUT2D eigenvalue weighted by Crippen LogP contribution is -2.24. The van der Waals surface area contributed by atoms with E-state index in [2.05, 4.69) is 28.2 Å². The molecule has 23 heavy (non-hydrogen) atoms. The van der Waals surface area contributed by atoms with E-state index in [1.54, 1.807) is 17.7 Å². The van der Waals surface area contributed by atoms with E-state index < -0.39 is 0 Å².